The number of imidazole rings is 1. The zero-order valence-electron chi connectivity index (χ0n) is 21.3. The first-order chi connectivity index (χ1) is 20.0. The number of anilines is 1. The maximum Gasteiger partial charge on any atom is 0.490 e. The quantitative estimate of drug-likeness (QED) is 0.0666. The summed E-state index contributed by atoms with van der Waals surface area (Å²) >= 11 is 0. The third-order valence-corrected chi connectivity index (χ3v) is 9.50. The number of phosphoric acid groups is 3. The lowest BCUT2D eigenvalue weighted by Crippen LogP contribution is -2.31. The van der Waals surface area contributed by atoms with Crippen LogP contribution in [0.3, 0.4) is 0 Å². The minimum atomic E-state index is -5.80. The van der Waals surface area contributed by atoms with Crippen molar-refractivity contribution >= 4 is 52.1 Å². The summed E-state index contributed by atoms with van der Waals surface area (Å²) in [4.78, 5) is 72.2. The summed E-state index contributed by atoms with van der Waals surface area (Å²) in [5, 5.41) is 11.1. The molecule has 0 amide bonds. The van der Waals surface area contributed by atoms with E-state index < -0.39 is 59.4 Å². The number of rotatable bonds is 12. The Hall–Kier alpha value is -3.23. The molecule has 25 heteroatoms. The number of carbonyl (C=O) groups excluding carboxylic acids is 1. The van der Waals surface area contributed by atoms with Gasteiger partial charge in [-0.25, -0.2) is 33.4 Å². The third-order valence-electron chi connectivity index (χ3n) is 5.69. The highest BCUT2D eigenvalue weighted by Crippen LogP contribution is 2.66. The molecule has 0 saturated carbocycles. The Morgan fingerprint density at radius 2 is 1.86 bits per heavy atom. The number of hydrogen-bond donors (Lipinski definition) is 6. The van der Waals surface area contributed by atoms with Gasteiger partial charge in [0.15, 0.2) is 11.5 Å². The number of benzene rings is 1. The summed E-state index contributed by atoms with van der Waals surface area (Å²) in [6.07, 6.45) is -1.41. The third kappa shape index (κ3) is 8.03. The Kier molecular flexibility index (Phi) is 9.43. The zero-order valence-corrected chi connectivity index (χ0v) is 23.9. The highest BCUT2D eigenvalue weighted by atomic mass is 31.3. The molecule has 3 heterocycles. The Labute approximate surface area is 239 Å². The predicted molar refractivity (Wildman–Crippen MR) is 138 cm³/mol. The molecule has 0 bridgehead atoms. The van der Waals surface area contributed by atoms with Gasteiger partial charge in [0.05, 0.1) is 23.4 Å². The molecule has 1 aliphatic heterocycles. The summed E-state index contributed by atoms with van der Waals surface area (Å²) in [6, 6.07) is 3.26. The summed E-state index contributed by atoms with van der Waals surface area (Å²) in [6.45, 7) is -1.22. The van der Waals surface area contributed by atoms with E-state index in [1.807, 2.05) is 0 Å². The number of fused-ring (bicyclic) bond motifs is 1. The highest BCUT2D eigenvalue weighted by molar-refractivity contribution is 7.66. The molecule has 43 heavy (non-hydrogen) atoms. The molecule has 0 radical (unpaired) electrons. The first-order valence-corrected chi connectivity index (χ1v) is 16.1. The van der Waals surface area contributed by atoms with Gasteiger partial charge in [0.1, 0.15) is 30.3 Å². The van der Waals surface area contributed by atoms with Gasteiger partial charge >= 0.3 is 29.4 Å². The van der Waals surface area contributed by atoms with Gasteiger partial charge in [0.25, 0.3) is 5.69 Å². The van der Waals surface area contributed by atoms with Crippen LogP contribution in [0.2, 0.25) is 0 Å². The van der Waals surface area contributed by atoms with Crippen molar-refractivity contribution in [2.75, 3.05) is 12.3 Å². The van der Waals surface area contributed by atoms with Gasteiger partial charge in [-0.05, 0) is 11.6 Å². The molecule has 3 unspecified atom stereocenters. The molecule has 5 atom stereocenters. The number of non-ortho nitro benzene ring substituents is 1. The number of ether oxygens (including phenoxy) is 2. The number of esters is 1. The molecule has 22 nitrogen and oxygen atoms in total. The number of nitro benzene ring substituents is 1. The molecule has 3 aromatic rings. The second-order valence-electron chi connectivity index (χ2n) is 8.58. The fourth-order valence-electron chi connectivity index (χ4n) is 3.96. The minimum Gasteiger partial charge on any atom is -0.456 e. The van der Waals surface area contributed by atoms with Crippen LogP contribution in [0.5, 0.6) is 0 Å². The molecule has 1 aliphatic rings. The van der Waals surface area contributed by atoms with Gasteiger partial charge in [-0.3, -0.25) is 19.2 Å². The SMILES string of the molecule is NCc1cc([N+](=O)[O-])ccc1C(=O)O[C@@H]1C[C@H](n2cnc3c(N)ncnc32)OC1COP(=O)(O)OP(=O)(O)OP(=O)(O)O. The number of nitro groups is 1. The Morgan fingerprint density at radius 1 is 1.14 bits per heavy atom. The van der Waals surface area contributed by atoms with Gasteiger partial charge in [-0.2, -0.15) is 8.62 Å². The van der Waals surface area contributed by atoms with Crippen LogP contribution < -0.4 is 11.5 Å². The summed E-state index contributed by atoms with van der Waals surface area (Å²) in [5.74, 6) is -0.962. The largest absolute Gasteiger partial charge is 0.490 e. The van der Waals surface area contributed by atoms with Crippen molar-refractivity contribution in [1.82, 2.24) is 19.5 Å². The topological polar surface area (TPSA) is 334 Å². The van der Waals surface area contributed by atoms with Crippen molar-refractivity contribution in [3.8, 4) is 0 Å². The van der Waals surface area contributed by atoms with Gasteiger partial charge < -0.3 is 40.5 Å². The lowest BCUT2D eigenvalue weighted by atomic mass is 10.1. The van der Waals surface area contributed by atoms with Crippen LogP contribution in [0.4, 0.5) is 11.5 Å². The molecule has 1 saturated heterocycles. The Bertz CT molecular complexity index is 1700. The van der Waals surface area contributed by atoms with E-state index in [-0.39, 0.29) is 46.8 Å². The van der Waals surface area contributed by atoms with Crippen molar-refractivity contribution in [1.29, 1.82) is 0 Å². The van der Waals surface area contributed by atoms with Crippen LogP contribution in [0, 0.1) is 10.1 Å². The number of phosphoric ester groups is 1. The molecule has 1 aromatic carbocycles. The van der Waals surface area contributed by atoms with Crippen molar-refractivity contribution < 1.29 is 65.6 Å². The second kappa shape index (κ2) is 12.4. The van der Waals surface area contributed by atoms with Crippen LogP contribution in [0.25, 0.3) is 11.2 Å². The molecular formula is C18H22N7O15P3. The number of nitrogens with zero attached hydrogens (tertiary/aromatic N) is 5. The minimum absolute atomic E-state index is 0.0430. The monoisotopic (exact) mass is 669 g/mol. The van der Waals surface area contributed by atoms with Crippen LogP contribution in [-0.4, -0.2) is 68.8 Å². The zero-order chi connectivity index (χ0) is 31.7. The summed E-state index contributed by atoms with van der Waals surface area (Å²) in [7, 11) is -17.0. The standard InChI is InChI=1S/C18H22N7O15P3/c19-5-9-3-10(25(27)28)1-2-11(9)18(26)38-12-4-14(24-8-23-15-16(20)21-7-22-17(15)24)37-13(12)6-36-42(32,33)40-43(34,35)39-41(29,30)31/h1-3,7-8,12-14H,4-6,19H2,(H,32,33)(H,34,35)(H2,20,21,22)(H2,29,30,31)/t12-,13?,14-/m1/s1. The van der Waals surface area contributed by atoms with Crippen molar-refractivity contribution in [2.45, 2.75) is 31.4 Å². The van der Waals surface area contributed by atoms with E-state index in [2.05, 4.69) is 28.1 Å². The van der Waals surface area contributed by atoms with Crippen molar-refractivity contribution in [2.24, 2.45) is 5.73 Å². The van der Waals surface area contributed by atoms with E-state index >= 15 is 0 Å². The first-order valence-electron chi connectivity index (χ1n) is 11.5. The lowest BCUT2D eigenvalue weighted by Gasteiger charge is -2.21. The van der Waals surface area contributed by atoms with Gasteiger partial charge in [-0.1, -0.05) is 0 Å². The maximum atomic E-state index is 13.1. The molecule has 0 aliphatic carbocycles. The smallest absolute Gasteiger partial charge is 0.456 e. The van der Waals surface area contributed by atoms with Gasteiger partial charge in [-0.15, -0.1) is 0 Å². The summed E-state index contributed by atoms with van der Waals surface area (Å²) in [5.41, 5.74) is 11.5. The fraction of sp³-hybridized carbons (Fsp3) is 0.333. The van der Waals surface area contributed by atoms with E-state index in [0.717, 1.165) is 24.5 Å². The number of carbonyl (C=O) groups is 1. The van der Waals surface area contributed by atoms with E-state index in [4.69, 9.17) is 30.7 Å². The molecule has 8 N–H and O–H groups in total. The molecule has 2 aromatic heterocycles. The average Bonchev–Trinajstić information content (AvgIpc) is 3.49. The number of aromatic nitrogens is 4. The number of nitrogen functional groups attached to an aromatic ring is 1. The van der Waals surface area contributed by atoms with Crippen LogP contribution in [-0.2, 0) is 42.9 Å². The van der Waals surface area contributed by atoms with E-state index in [0.29, 0.717) is 0 Å². The first kappa shape index (κ1) is 32.7. The van der Waals surface area contributed by atoms with Crippen LogP contribution in [0.1, 0.15) is 28.6 Å². The fourth-order valence-corrected chi connectivity index (χ4v) is 6.99. The average molecular weight is 669 g/mol. The van der Waals surface area contributed by atoms with E-state index in [1.54, 1.807) is 0 Å². The van der Waals surface area contributed by atoms with Crippen LogP contribution >= 0.6 is 23.5 Å². The highest BCUT2D eigenvalue weighted by Gasteiger charge is 2.44. The maximum absolute atomic E-state index is 13.1. The van der Waals surface area contributed by atoms with Crippen molar-refractivity contribution in [3.05, 3.63) is 52.1 Å². The normalized spacial score (nSPS) is 21.7. The Morgan fingerprint density at radius 3 is 2.51 bits per heavy atom. The molecular weight excluding hydrogens is 647 g/mol. The molecule has 4 rings (SSSR count). The predicted octanol–water partition coefficient (Wildman–Crippen LogP) is 0.632. The lowest BCUT2D eigenvalue weighted by molar-refractivity contribution is -0.384. The molecule has 0 spiro atoms. The molecule has 1 fully saturated rings. The second-order valence-corrected chi connectivity index (χ2v) is 13.0. The van der Waals surface area contributed by atoms with Crippen LogP contribution in [0.15, 0.2) is 30.9 Å². The number of nitrogens with two attached hydrogens (primary N) is 2. The number of hydrogen-bond acceptors (Lipinski definition) is 16. The van der Waals surface area contributed by atoms with E-state index in [9.17, 15) is 38.4 Å². The van der Waals surface area contributed by atoms with Gasteiger partial charge in [0, 0.05) is 25.1 Å². The van der Waals surface area contributed by atoms with Gasteiger partial charge in [0.2, 0.25) is 0 Å². The van der Waals surface area contributed by atoms with Crippen molar-refractivity contribution in [3.63, 3.8) is 0 Å². The molecule has 234 valence electrons. The summed E-state index contributed by atoms with van der Waals surface area (Å²) < 4.78 is 59.7. The Balaban J connectivity index is 1.58. The van der Waals surface area contributed by atoms with E-state index in [1.165, 1.54) is 10.9 Å².